The zero-order valence-electron chi connectivity index (χ0n) is 43.9. The topological polar surface area (TPSA) is 213 Å². The van der Waals surface area contributed by atoms with E-state index in [1.54, 1.807) is 31.2 Å². The average Bonchev–Trinajstić information content (AvgIpc) is 4.02. The summed E-state index contributed by atoms with van der Waals surface area (Å²) in [6.45, 7) is 24.5. The molecule has 12 atom stereocenters. The molecule has 388 valence electrons. The molecule has 4 aromatic rings. The number of aliphatic hydroxyl groups is 2. The van der Waals surface area contributed by atoms with Crippen LogP contribution >= 0.6 is 0 Å². The fourth-order valence-electron chi connectivity index (χ4n) is 12.2. The number of nitrogens with zero attached hydrogens (tertiary/aromatic N) is 2. The number of phenols is 1. The van der Waals surface area contributed by atoms with Crippen LogP contribution in [0.5, 0.6) is 17.2 Å². The molecule has 1 saturated heterocycles. The van der Waals surface area contributed by atoms with Gasteiger partial charge in [-0.3, -0.25) is 19.2 Å². The molecule has 3 aromatic carbocycles. The number of likely N-dealkylation sites (tertiary alicyclic amines) is 1. The molecule has 16 nitrogen and oxygen atoms in total. The number of carbonyl (C=O) groups is 2. The van der Waals surface area contributed by atoms with Crippen LogP contribution in [0.1, 0.15) is 101 Å². The summed E-state index contributed by atoms with van der Waals surface area (Å²) in [5.41, 5.74) is -2.07. The fourth-order valence-corrected chi connectivity index (χ4v) is 12.2. The number of allylic oxidation sites excluding steroid dienone is 2. The third kappa shape index (κ3) is 9.01. The lowest BCUT2D eigenvalue weighted by atomic mass is 9.73. The number of hydrogen-bond donors (Lipinski definition) is 4. The predicted octanol–water partition coefficient (Wildman–Crippen LogP) is 8.01. The molecule has 4 heterocycles. The van der Waals surface area contributed by atoms with Crippen LogP contribution in [-0.4, -0.2) is 99.1 Å². The van der Waals surface area contributed by atoms with Crippen LogP contribution in [0.15, 0.2) is 62.3 Å². The summed E-state index contributed by atoms with van der Waals surface area (Å²) >= 11 is 0. The Morgan fingerprint density at radius 3 is 2.33 bits per heavy atom. The minimum Gasteiger partial charge on any atom is -0.507 e. The molecule has 2 fully saturated rings. The van der Waals surface area contributed by atoms with E-state index in [1.165, 1.54) is 65.5 Å². The molecule has 3 aliphatic heterocycles. The van der Waals surface area contributed by atoms with Crippen molar-refractivity contribution in [1.29, 1.82) is 0 Å². The van der Waals surface area contributed by atoms with Crippen molar-refractivity contribution in [3.8, 4) is 17.2 Å². The van der Waals surface area contributed by atoms with Crippen molar-refractivity contribution >= 4 is 56.3 Å². The monoisotopic (exact) mass is 995 g/mol. The summed E-state index contributed by atoms with van der Waals surface area (Å²) < 4.78 is 38.2. The third-order valence-corrected chi connectivity index (χ3v) is 16.9. The number of carbonyl (C=O) groups excluding carboxylic acids is 2. The molecule has 0 radical (unpaired) electrons. The van der Waals surface area contributed by atoms with E-state index in [9.17, 15) is 34.5 Å². The number of esters is 1. The second kappa shape index (κ2) is 19.5. The molecular weight excluding hydrogens is 923 g/mol. The second-order valence-corrected chi connectivity index (χ2v) is 22.2. The maximum Gasteiger partial charge on any atom is 0.307 e. The van der Waals surface area contributed by atoms with E-state index in [2.05, 4.69) is 26.1 Å². The van der Waals surface area contributed by atoms with Gasteiger partial charge < -0.3 is 53.2 Å². The predicted molar refractivity (Wildman–Crippen MR) is 275 cm³/mol. The number of aromatic nitrogens is 1. The fraction of sp³-hybridized carbons (Fsp3) is 0.554. The number of rotatable bonds is 6. The molecule has 3 unspecified atom stereocenters. The van der Waals surface area contributed by atoms with Gasteiger partial charge in [0.05, 0.1) is 47.2 Å². The minimum atomic E-state index is -1.96. The van der Waals surface area contributed by atoms with E-state index in [1.807, 2.05) is 34.6 Å². The van der Waals surface area contributed by atoms with Crippen molar-refractivity contribution in [3.05, 3.63) is 79.5 Å². The van der Waals surface area contributed by atoms with E-state index in [4.69, 9.17) is 33.1 Å². The molecule has 4 aliphatic rings. The second-order valence-electron chi connectivity index (χ2n) is 22.2. The van der Waals surface area contributed by atoms with Gasteiger partial charge in [0, 0.05) is 73.8 Å². The Bertz CT molecular complexity index is 3100. The van der Waals surface area contributed by atoms with Gasteiger partial charge in [0.15, 0.2) is 22.4 Å². The standard InChI is InChI=1S/C56H71N3O13/c1-27-15-14-16-28(2)54(66)58-46-49(64)42-41(45-52(46)71-40-25-37(24-38(61)44(40)57-45)68-22-20-59(55(9,10)11)26-35-17-18-36(59)23-35)43-51(33(7)48(42)63)72-56(12,53(43)65)69-21-19-39(67-13)32(6)50(70-34(8)60)31(5)29(3)30(4)47(27)62/h14-16,19,21,24-25,27,29-32,35-36,39,47,50,62H,17-18,20,22-23,26H2,1-13H3,(H2-,57,58,61,63,64,65,66)/p+1/b15-14+,21-19+,28-16-/t27-,29+,30-,31+,32+,35?,36?,39-,47-,50-,56-,59?/m0/s1. The number of aliphatic hydroxyl groups excluding tert-OH is 2. The minimum absolute atomic E-state index is 0.00517. The molecule has 16 heteroatoms. The van der Waals surface area contributed by atoms with Gasteiger partial charge in [0.2, 0.25) is 10.9 Å². The van der Waals surface area contributed by atoms with Gasteiger partial charge in [-0.05, 0) is 71.3 Å². The van der Waals surface area contributed by atoms with Gasteiger partial charge in [0.1, 0.15) is 47.7 Å². The Hall–Kier alpha value is -5.97. The van der Waals surface area contributed by atoms with Crippen molar-refractivity contribution in [2.45, 2.75) is 138 Å². The van der Waals surface area contributed by atoms with E-state index in [0.29, 0.717) is 18.6 Å². The number of fused-ring (bicyclic) bond motifs is 4. The highest BCUT2D eigenvalue weighted by Crippen LogP contribution is 2.48. The smallest absolute Gasteiger partial charge is 0.307 e. The molecule has 72 heavy (non-hydrogen) atoms. The molecule has 6 bridgehead atoms. The van der Waals surface area contributed by atoms with Gasteiger partial charge in [-0.25, -0.2) is 4.98 Å². The van der Waals surface area contributed by atoms with Crippen LogP contribution in [0.25, 0.3) is 38.7 Å². The molecule has 1 aromatic heterocycles. The first-order chi connectivity index (χ1) is 33.8. The number of anilines is 1. The lowest BCUT2D eigenvalue weighted by molar-refractivity contribution is -0.985. The van der Waals surface area contributed by atoms with Crippen molar-refractivity contribution in [1.82, 2.24) is 4.98 Å². The quantitative estimate of drug-likeness (QED) is 0.0624. The Labute approximate surface area is 419 Å². The Balaban J connectivity index is 1.30. The highest BCUT2D eigenvalue weighted by molar-refractivity contribution is 6.16. The summed E-state index contributed by atoms with van der Waals surface area (Å²) in [7, 11) is 1.51. The van der Waals surface area contributed by atoms with E-state index < -0.39 is 64.3 Å². The van der Waals surface area contributed by atoms with E-state index in [0.717, 1.165) is 17.6 Å². The van der Waals surface area contributed by atoms with Crippen LogP contribution in [-0.2, 0) is 23.8 Å². The largest absolute Gasteiger partial charge is 0.507 e. The first-order valence-corrected chi connectivity index (χ1v) is 25.3. The summed E-state index contributed by atoms with van der Waals surface area (Å²) in [5.74, 6) is -4.74. The third-order valence-electron chi connectivity index (χ3n) is 16.9. The normalized spacial score (nSPS) is 32.9. The van der Waals surface area contributed by atoms with E-state index in [-0.39, 0.29) is 95.7 Å². The van der Waals surface area contributed by atoms with Crippen molar-refractivity contribution in [3.63, 3.8) is 0 Å². The average molecular weight is 995 g/mol. The van der Waals surface area contributed by atoms with Gasteiger partial charge in [-0.1, -0.05) is 52.8 Å². The molecule has 1 saturated carbocycles. The van der Waals surface area contributed by atoms with E-state index >= 15 is 0 Å². The summed E-state index contributed by atoms with van der Waals surface area (Å²) in [6, 6.07) is 3.43. The number of piperidine rings is 1. The van der Waals surface area contributed by atoms with Gasteiger partial charge in [-0.2, -0.15) is 0 Å². The molecule has 8 rings (SSSR count). The highest BCUT2D eigenvalue weighted by atomic mass is 16.7. The lowest BCUT2D eigenvalue weighted by Crippen LogP contribution is -2.65. The zero-order valence-corrected chi connectivity index (χ0v) is 43.9. The van der Waals surface area contributed by atoms with Crippen LogP contribution < -0.4 is 30.9 Å². The first-order valence-electron chi connectivity index (χ1n) is 25.3. The number of benzene rings is 3. The van der Waals surface area contributed by atoms with Gasteiger partial charge >= 0.3 is 11.8 Å². The number of phenolic OH excluding ortho intramolecular Hbond substituents is 1. The number of amides is 1. The molecular formula is C56H72N3O13+. The number of aromatic hydroxyl groups is 1. The number of ether oxygens (including phenoxy) is 5. The molecule has 4 N–H and O–H groups in total. The SMILES string of the molecule is CO[C@H]1/C=C/O[C@@]2(C)Oc3c(C)c(O)c4c(=O)c(c5oc6cc(OCC[N+]7(C(C)(C)C)CC8CCC7C8)cc(=O)c6nc5c4c3=C2O)NC(=O)/C(C)=C\C=C\[C@H](C)[C@H](O)[C@@H](C)[C@@H](C)[C@@H](C)[C@H](OC(C)=O)[C@@H]1C. The lowest BCUT2D eigenvalue weighted by Gasteiger charge is -2.51. The van der Waals surface area contributed by atoms with Gasteiger partial charge in [-0.15, -0.1) is 0 Å². The maximum atomic E-state index is 15.0. The van der Waals surface area contributed by atoms with Crippen molar-refractivity contribution in [2.75, 3.05) is 32.1 Å². The summed E-state index contributed by atoms with van der Waals surface area (Å²) in [6.07, 6.45) is 9.34. The van der Waals surface area contributed by atoms with Crippen molar-refractivity contribution in [2.24, 2.45) is 35.5 Å². The van der Waals surface area contributed by atoms with Crippen LogP contribution in [0.4, 0.5) is 5.69 Å². The molecule has 0 spiro atoms. The number of quaternary nitrogens is 1. The Morgan fingerprint density at radius 2 is 1.69 bits per heavy atom. The molecule has 1 amide bonds. The Kier molecular flexibility index (Phi) is 14.2. The first kappa shape index (κ1) is 52.4. The van der Waals surface area contributed by atoms with Crippen LogP contribution in [0.2, 0.25) is 0 Å². The number of methoxy groups -OCH3 is 1. The highest BCUT2D eigenvalue weighted by Gasteiger charge is 2.56. The summed E-state index contributed by atoms with van der Waals surface area (Å²) in [5, 5.41) is 38.1. The maximum absolute atomic E-state index is 15.0. The molecule has 1 aliphatic carbocycles. The van der Waals surface area contributed by atoms with Gasteiger partial charge in [0.25, 0.3) is 5.91 Å². The van der Waals surface area contributed by atoms with Crippen LogP contribution in [0.3, 0.4) is 0 Å². The van der Waals surface area contributed by atoms with Crippen molar-refractivity contribution < 1.29 is 57.5 Å². The number of nitrogens with one attached hydrogen (secondary N) is 1. The zero-order chi connectivity index (χ0) is 52.5. The Morgan fingerprint density at radius 1 is 0.972 bits per heavy atom. The summed E-state index contributed by atoms with van der Waals surface area (Å²) in [4.78, 5) is 60.6. The number of hydrogen-bond acceptors (Lipinski definition) is 14. The van der Waals surface area contributed by atoms with Crippen LogP contribution in [0, 0.1) is 42.4 Å².